The summed E-state index contributed by atoms with van der Waals surface area (Å²) < 4.78 is 15.0. The minimum atomic E-state index is -1.01. The summed E-state index contributed by atoms with van der Waals surface area (Å²) in [6.45, 7) is 3.69. The second-order valence-corrected chi connectivity index (χ2v) is 8.34. The van der Waals surface area contributed by atoms with Gasteiger partial charge in [-0.05, 0) is 0 Å². The summed E-state index contributed by atoms with van der Waals surface area (Å²) in [7, 11) is 0. The Balaban J connectivity index is 2.31. The van der Waals surface area contributed by atoms with Gasteiger partial charge in [-0.2, -0.15) is 0 Å². The van der Waals surface area contributed by atoms with E-state index in [1.54, 1.807) is 31.3 Å². The van der Waals surface area contributed by atoms with Crippen LogP contribution in [0.2, 0.25) is 0 Å². The third-order valence-corrected chi connectivity index (χ3v) is 6.41. The molecule has 6 heteroatoms. The normalized spacial score (nSPS) is 13.0. The first-order valence-electron chi connectivity index (χ1n) is 7.64. The van der Waals surface area contributed by atoms with Gasteiger partial charge in [-0.3, -0.25) is 0 Å². The molecular formula is C19H17AsFN3O. The number of nitriles is 1. The van der Waals surface area contributed by atoms with E-state index in [4.69, 9.17) is 11.7 Å². The number of carbonyl (C=O) groups excluding carboxylic acids is 1. The molecule has 0 saturated carbocycles. The van der Waals surface area contributed by atoms with E-state index in [1.165, 1.54) is 12.1 Å². The van der Waals surface area contributed by atoms with Gasteiger partial charge in [-0.15, -0.1) is 0 Å². The van der Waals surface area contributed by atoms with Crippen LogP contribution >= 0.6 is 0 Å². The maximum absolute atomic E-state index is 13.5. The molecule has 0 saturated heterocycles. The van der Waals surface area contributed by atoms with Crippen LogP contribution < -0.4 is 14.1 Å². The third-order valence-electron chi connectivity index (χ3n) is 3.82. The van der Waals surface area contributed by atoms with Crippen molar-refractivity contribution < 1.29 is 9.18 Å². The van der Waals surface area contributed by atoms with Crippen LogP contribution in [0.5, 0.6) is 0 Å². The molecule has 2 aromatic rings. The van der Waals surface area contributed by atoms with Crippen LogP contribution in [0.15, 0.2) is 36.5 Å². The topological polar surface area (TPSA) is 65.8 Å². The van der Waals surface area contributed by atoms with Gasteiger partial charge >= 0.3 is 153 Å². The number of hydrogen-bond donors (Lipinski definition) is 1. The SMILES string of the molecule is C#CC(C)(CC)NC(=O)c1cccnc1[AsH]c1ccc(F)c(C#N)c1. The molecule has 1 aromatic carbocycles. The Kier molecular flexibility index (Phi) is 5.96. The van der Waals surface area contributed by atoms with Gasteiger partial charge in [0.25, 0.3) is 0 Å². The van der Waals surface area contributed by atoms with Crippen molar-refractivity contribution in [2.75, 3.05) is 0 Å². The molecule has 0 bridgehead atoms. The molecule has 0 fully saturated rings. The molecule has 0 spiro atoms. The number of rotatable bonds is 5. The van der Waals surface area contributed by atoms with Gasteiger partial charge in [-0.25, -0.2) is 0 Å². The molecule has 2 atom stereocenters. The van der Waals surface area contributed by atoms with Gasteiger partial charge in [0.1, 0.15) is 0 Å². The molecule has 1 amide bonds. The number of aromatic nitrogens is 1. The summed E-state index contributed by atoms with van der Waals surface area (Å²) in [5.41, 5.74) is -0.275. The van der Waals surface area contributed by atoms with E-state index in [2.05, 4.69) is 16.2 Å². The van der Waals surface area contributed by atoms with Gasteiger partial charge in [-0.1, -0.05) is 0 Å². The van der Waals surface area contributed by atoms with Crippen molar-refractivity contribution in [3.8, 4) is 18.4 Å². The number of hydrogen-bond acceptors (Lipinski definition) is 3. The predicted molar refractivity (Wildman–Crippen MR) is 96.8 cm³/mol. The second kappa shape index (κ2) is 7.97. The molecule has 0 aliphatic rings. The van der Waals surface area contributed by atoms with E-state index >= 15 is 0 Å². The zero-order valence-electron chi connectivity index (χ0n) is 13.9. The van der Waals surface area contributed by atoms with Crippen molar-refractivity contribution in [1.29, 1.82) is 5.26 Å². The van der Waals surface area contributed by atoms with Crippen molar-refractivity contribution in [1.82, 2.24) is 10.3 Å². The molecule has 0 aliphatic carbocycles. The van der Waals surface area contributed by atoms with Gasteiger partial charge < -0.3 is 0 Å². The number of pyridine rings is 1. The molecule has 2 unspecified atom stereocenters. The molecule has 126 valence electrons. The van der Waals surface area contributed by atoms with Crippen LogP contribution in [-0.4, -0.2) is 32.2 Å². The first kappa shape index (κ1) is 18.7. The van der Waals surface area contributed by atoms with Crippen LogP contribution in [0.3, 0.4) is 0 Å². The van der Waals surface area contributed by atoms with Crippen LogP contribution in [0, 0.1) is 29.5 Å². The van der Waals surface area contributed by atoms with E-state index in [9.17, 15) is 9.18 Å². The van der Waals surface area contributed by atoms with Gasteiger partial charge in [0.2, 0.25) is 0 Å². The average Bonchev–Trinajstić information content (AvgIpc) is 2.63. The molecular weight excluding hydrogens is 380 g/mol. The van der Waals surface area contributed by atoms with Crippen LogP contribution in [0.25, 0.3) is 0 Å². The molecule has 4 nitrogen and oxygen atoms in total. The Labute approximate surface area is 153 Å². The molecule has 0 aliphatic heterocycles. The summed E-state index contributed by atoms with van der Waals surface area (Å²) in [4.78, 5) is 16.9. The van der Waals surface area contributed by atoms with Crippen molar-refractivity contribution in [2.24, 2.45) is 0 Å². The first-order chi connectivity index (χ1) is 11.9. The fraction of sp³-hybridized carbons (Fsp3) is 0.211. The summed E-state index contributed by atoms with van der Waals surface area (Å²) in [6.07, 6.45) is 7.73. The number of nitrogens with one attached hydrogen (secondary N) is 1. The summed E-state index contributed by atoms with van der Waals surface area (Å²) in [5.74, 6) is 1.77. The number of terminal acetylenes is 1. The van der Waals surface area contributed by atoms with Gasteiger partial charge in [0.05, 0.1) is 0 Å². The third kappa shape index (κ3) is 4.47. The monoisotopic (exact) mass is 397 g/mol. The van der Waals surface area contributed by atoms with E-state index in [1.807, 2.05) is 13.0 Å². The molecule has 2 rings (SSSR count). The number of benzene rings is 1. The fourth-order valence-corrected chi connectivity index (χ4v) is 4.42. The van der Waals surface area contributed by atoms with Crippen molar-refractivity contribution in [2.45, 2.75) is 25.8 Å². The van der Waals surface area contributed by atoms with Crippen LogP contribution in [-0.2, 0) is 0 Å². The number of halogens is 1. The van der Waals surface area contributed by atoms with Crippen molar-refractivity contribution >= 4 is 30.5 Å². The van der Waals surface area contributed by atoms with Crippen molar-refractivity contribution in [3.63, 3.8) is 0 Å². The second-order valence-electron chi connectivity index (χ2n) is 5.62. The van der Waals surface area contributed by atoms with Gasteiger partial charge in [0, 0.05) is 0 Å². The van der Waals surface area contributed by atoms with Crippen LogP contribution in [0.4, 0.5) is 4.39 Å². The summed E-state index contributed by atoms with van der Waals surface area (Å²) in [6, 6.07) is 9.63. The van der Waals surface area contributed by atoms with Crippen molar-refractivity contribution in [3.05, 3.63) is 53.5 Å². The first-order valence-corrected chi connectivity index (χ1v) is 9.74. The summed E-state index contributed by atoms with van der Waals surface area (Å²) >= 11 is -1.01. The summed E-state index contributed by atoms with van der Waals surface area (Å²) in [5, 5.41) is 11.8. The van der Waals surface area contributed by atoms with Crippen LogP contribution in [0.1, 0.15) is 36.2 Å². The van der Waals surface area contributed by atoms with Gasteiger partial charge in [0.15, 0.2) is 0 Å². The molecule has 0 radical (unpaired) electrons. The van der Waals surface area contributed by atoms with E-state index in [0.717, 1.165) is 4.35 Å². The maximum atomic E-state index is 13.5. The Morgan fingerprint density at radius 3 is 2.88 bits per heavy atom. The zero-order valence-corrected chi connectivity index (χ0v) is 16.0. The number of nitrogens with zero attached hydrogens (tertiary/aromatic N) is 2. The molecule has 1 N–H and O–H groups in total. The fourth-order valence-electron chi connectivity index (χ4n) is 2.06. The quantitative estimate of drug-likeness (QED) is 0.605. The predicted octanol–water partition coefficient (Wildman–Crippen LogP) is 1.01. The Morgan fingerprint density at radius 2 is 2.24 bits per heavy atom. The Hall–Kier alpha value is -2.62. The minimum absolute atomic E-state index is 0.00549. The number of amides is 1. The molecule has 1 aromatic heterocycles. The zero-order chi connectivity index (χ0) is 18.4. The van der Waals surface area contributed by atoms with E-state index in [0.29, 0.717) is 16.5 Å². The molecule has 25 heavy (non-hydrogen) atoms. The van der Waals surface area contributed by atoms with E-state index < -0.39 is 27.1 Å². The Morgan fingerprint density at radius 1 is 1.48 bits per heavy atom. The Bertz CT molecular complexity index is 885. The standard InChI is InChI=1S/C19H17AsFN3O/c1-4-19(3,5-2)24-18(25)15-7-6-10-23-17(15)20-14-8-9-16(21)13(11-14)12-22/h1,6-11,20H,5H2,2-3H3,(H,24,25). The molecule has 1 heterocycles. The number of carbonyl (C=O) groups is 1. The van der Waals surface area contributed by atoms with E-state index in [-0.39, 0.29) is 11.5 Å². The average molecular weight is 397 g/mol.